The second kappa shape index (κ2) is 6.64. The van der Waals surface area contributed by atoms with Crippen LogP contribution in [0.15, 0.2) is 16.3 Å². The van der Waals surface area contributed by atoms with Crippen molar-refractivity contribution in [3.63, 3.8) is 0 Å². The van der Waals surface area contributed by atoms with E-state index in [9.17, 15) is 13.2 Å². The quantitative estimate of drug-likeness (QED) is 0.799. The largest absolute Gasteiger partial charge is 0.369 e. The van der Waals surface area contributed by atoms with Crippen molar-refractivity contribution >= 4 is 27.3 Å². The Bertz CT molecular complexity index is 756. The molecule has 3 heterocycles. The van der Waals surface area contributed by atoms with Crippen LogP contribution in [-0.2, 0) is 19.6 Å². The first-order chi connectivity index (χ1) is 11.6. The molecule has 2 fully saturated rings. The lowest BCUT2D eigenvalue weighted by Gasteiger charge is -2.43. The Kier molecular flexibility index (Phi) is 5.00. The Hall–Kier alpha value is -0.960. The van der Waals surface area contributed by atoms with Crippen LogP contribution in [0.4, 0.5) is 0 Å². The molecule has 0 radical (unpaired) electrons. The van der Waals surface area contributed by atoms with E-state index in [1.165, 1.54) is 15.6 Å². The molecule has 1 aromatic heterocycles. The third kappa shape index (κ3) is 3.77. The first-order valence-corrected chi connectivity index (χ1v) is 10.9. The minimum Gasteiger partial charge on any atom is -0.369 e. The SMILES string of the molecule is Cc1ccc(S(=O)(=O)N2CCCC2C(=O)N2CC(C)OC(C)(C)C2)s1. The van der Waals surface area contributed by atoms with Crippen LogP contribution in [-0.4, -0.2) is 60.9 Å². The highest BCUT2D eigenvalue weighted by Gasteiger charge is 2.44. The van der Waals surface area contributed by atoms with Crippen LogP contribution in [0.1, 0.15) is 38.5 Å². The monoisotopic (exact) mass is 386 g/mol. The Labute approximate surface area is 153 Å². The molecule has 0 aromatic carbocycles. The first-order valence-electron chi connectivity index (χ1n) is 8.65. The number of amides is 1. The number of nitrogens with zero attached hydrogens (tertiary/aromatic N) is 2. The van der Waals surface area contributed by atoms with Crippen LogP contribution in [0.2, 0.25) is 0 Å². The molecule has 8 heteroatoms. The number of sulfonamides is 1. The minimum absolute atomic E-state index is 0.0564. The van der Waals surface area contributed by atoms with Crippen molar-refractivity contribution in [1.82, 2.24) is 9.21 Å². The van der Waals surface area contributed by atoms with E-state index in [0.29, 0.717) is 36.7 Å². The maximum Gasteiger partial charge on any atom is 0.253 e. The molecule has 0 aliphatic carbocycles. The minimum atomic E-state index is -3.62. The molecule has 3 rings (SSSR count). The number of morpholine rings is 1. The van der Waals surface area contributed by atoms with Gasteiger partial charge in [0.2, 0.25) is 5.91 Å². The summed E-state index contributed by atoms with van der Waals surface area (Å²) >= 11 is 1.26. The van der Waals surface area contributed by atoms with Crippen molar-refractivity contribution in [2.75, 3.05) is 19.6 Å². The fourth-order valence-corrected chi connectivity index (χ4v) is 6.84. The highest BCUT2D eigenvalue weighted by Crippen LogP contribution is 2.32. The zero-order valence-electron chi connectivity index (χ0n) is 15.2. The Morgan fingerprint density at radius 1 is 1.36 bits per heavy atom. The summed E-state index contributed by atoms with van der Waals surface area (Å²) in [5.74, 6) is -0.0995. The molecule has 2 aliphatic rings. The van der Waals surface area contributed by atoms with E-state index in [-0.39, 0.29) is 12.0 Å². The van der Waals surface area contributed by atoms with Crippen molar-refractivity contribution < 1.29 is 17.9 Å². The summed E-state index contributed by atoms with van der Waals surface area (Å²) in [6.07, 6.45) is 1.23. The fraction of sp³-hybridized carbons (Fsp3) is 0.706. The molecule has 0 saturated carbocycles. The second-order valence-corrected chi connectivity index (χ2v) is 11.0. The molecule has 0 bridgehead atoms. The zero-order chi connectivity index (χ0) is 18.4. The summed E-state index contributed by atoms with van der Waals surface area (Å²) in [5.41, 5.74) is -0.416. The maximum absolute atomic E-state index is 13.1. The molecule has 140 valence electrons. The average Bonchev–Trinajstić information content (AvgIpc) is 3.13. The second-order valence-electron chi connectivity index (χ2n) is 7.55. The summed E-state index contributed by atoms with van der Waals surface area (Å²) in [6, 6.07) is 2.83. The van der Waals surface area contributed by atoms with Crippen LogP contribution >= 0.6 is 11.3 Å². The van der Waals surface area contributed by atoms with Crippen molar-refractivity contribution in [2.45, 2.75) is 62.5 Å². The molecule has 2 unspecified atom stereocenters. The first kappa shape index (κ1) is 18.8. The number of rotatable bonds is 3. The topological polar surface area (TPSA) is 66.9 Å². The van der Waals surface area contributed by atoms with Crippen molar-refractivity contribution in [3.8, 4) is 0 Å². The van der Waals surface area contributed by atoms with Crippen LogP contribution in [0, 0.1) is 6.92 Å². The molecule has 0 spiro atoms. The standard InChI is InChI=1S/C17H26N2O4S2/c1-12-10-18(11-17(3,4)23-12)16(20)14-6-5-9-19(14)25(21,22)15-8-7-13(2)24-15/h7-8,12,14H,5-6,9-11H2,1-4H3. The van der Waals surface area contributed by atoms with Crippen molar-refractivity contribution in [1.29, 1.82) is 0 Å². The molecule has 2 saturated heterocycles. The average molecular weight is 387 g/mol. The van der Waals surface area contributed by atoms with Gasteiger partial charge in [-0.3, -0.25) is 4.79 Å². The molecule has 25 heavy (non-hydrogen) atoms. The zero-order valence-corrected chi connectivity index (χ0v) is 16.8. The molecule has 2 aliphatic heterocycles. The van der Waals surface area contributed by atoms with Crippen LogP contribution in [0.5, 0.6) is 0 Å². The summed E-state index contributed by atoms with van der Waals surface area (Å²) in [5, 5.41) is 0. The molecule has 0 N–H and O–H groups in total. The van der Waals surface area contributed by atoms with Crippen molar-refractivity contribution in [3.05, 3.63) is 17.0 Å². The Morgan fingerprint density at radius 3 is 2.68 bits per heavy atom. The smallest absolute Gasteiger partial charge is 0.253 e. The fourth-order valence-electron chi connectivity index (χ4n) is 3.77. The van der Waals surface area contributed by atoms with Gasteiger partial charge in [0.15, 0.2) is 0 Å². The summed E-state index contributed by atoms with van der Waals surface area (Å²) in [6.45, 7) is 9.13. The van der Waals surface area contributed by atoms with E-state index in [1.54, 1.807) is 17.0 Å². The number of aryl methyl sites for hydroxylation is 1. The molecular weight excluding hydrogens is 360 g/mol. The lowest BCUT2D eigenvalue weighted by Crippen LogP contribution is -2.57. The third-order valence-electron chi connectivity index (χ3n) is 4.65. The van der Waals surface area contributed by atoms with E-state index in [2.05, 4.69) is 0 Å². The van der Waals surface area contributed by atoms with Gasteiger partial charge in [-0.25, -0.2) is 8.42 Å². The number of thiophene rings is 1. The van der Waals surface area contributed by atoms with Gasteiger partial charge in [0.25, 0.3) is 10.0 Å². The van der Waals surface area contributed by atoms with Gasteiger partial charge in [0, 0.05) is 24.5 Å². The predicted molar refractivity (Wildman–Crippen MR) is 97.2 cm³/mol. The molecular formula is C17H26N2O4S2. The predicted octanol–water partition coefficient (Wildman–Crippen LogP) is 2.24. The molecule has 1 amide bonds. The van der Waals surface area contributed by atoms with E-state index < -0.39 is 21.7 Å². The summed E-state index contributed by atoms with van der Waals surface area (Å²) in [7, 11) is -3.62. The van der Waals surface area contributed by atoms with Gasteiger partial charge in [-0.1, -0.05) is 0 Å². The van der Waals surface area contributed by atoms with Gasteiger partial charge in [-0.05, 0) is 52.7 Å². The van der Waals surface area contributed by atoms with Gasteiger partial charge < -0.3 is 9.64 Å². The van der Waals surface area contributed by atoms with Gasteiger partial charge in [-0.2, -0.15) is 4.31 Å². The van der Waals surface area contributed by atoms with E-state index in [0.717, 1.165) is 4.88 Å². The maximum atomic E-state index is 13.1. The highest BCUT2D eigenvalue weighted by molar-refractivity contribution is 7.91. The highest BCUT2D eigenvalue weighted by atomic mass is 32.2. The normalized spacial score (nSPS) is 27.6. The van der Waals surface area contributed by atoms with Crippen LogP contribution in [0.3, 0.4) is 0 Å². The van der Waals surface area contributed by atoms with E-state index in [1.807, 2.05) is 27.7 Å². The van der Waals surface area contributed by atoms with Crippen molar-refractivity contribution in [2.24, 2.45) is 0 Å². The molecule has 2 atom stereocenters. The number of ether oxygens (including phenoxy) is 1. The van der Waals surface area contributed by atoms with Crippen LogP contribution in [0.25, 0.3) is 0 Å². The Morgan fingerprint density at radius 2 is 2.08 bits per heavy atom. The number of carbonyl (C=O) groups is 1. The number of hydrogen-bond donors (Lipinski definition) is 0. The van der Waals surface area contributed by atoms with Crippen LogP contribution < -0.4 is 0 Å². The number of hydrogen-bond acceptors (Lipinski definition) is 5. The summed E-state index contributed by atoms with van der Waals surface area (Å²) in [4.78, 5) is 15.8. The van der Waals surface area contributed by atoms with Gasteiger partial charge >= 0.3 is 0 Å². The van der Waals surface area contributed by atoms with E-state index >= 15 is 0 Å². The molecule has 1 aromatic rings. The third-order valence-corrected chi connectivity index (χ3v) is 8.02. The summed E-state index contributed by atoms with van der Waals surface area (Å²) < 4.78 is 33.5. The molecule has 6 nitrogen and oxygen atoms in total. The van der Waals surface area contributed by atoms with Gasteiger partial charge in [-0.15, -0.1) is 11.3 Å². The lowest BCUT2D eigenvalue weighted by atomic mass is 10.0. The number of carbonyl (C=O) groups excluding carboxylic acids is 1. The van der Waals surface area contributed by atoms with Gasteiger partial charge in [0.05, 0.1) is 11.7 Å². The van der Waals surface area contributed by atoms with E-state index in [4.69, 9.17) is 4.74 Å². The lowest BCUT2D eigenvalue weighted by molar-refractivity contribution is -0.160. The van der Waals surface area contributed by atoms with Gasteiger partial charge in [0.1, 0.15) is 10.3 Å². The Balaban J connectivity index is 1.83.